The quantitative estimate of drug-likeness (QED) is 0.271. The number of halogens is 2. The largest absolute Gasteiger partial charge is 0.489 e. The summed E-state index contributed by atoms with van der Waals surface area (Å²) in [5, 5.41) is 11.9. The molecule has 0 saturated heterocycles. The Kier molecular flexibility index (Phi) is 5.44. The number of carbonyl (C=O) groups excluding carboxylic acids is 1. The van der Waals surface area contributed by atoms with Crippen molar-refractivity contribution in [2.24, 2.45) is 0 Å². The lowest BCUT2D eigenvalue weighted by atomic mass is 10.1. The van der Waals surface area contributed by atoms with Gasteiger partial charge in [0.25, 0.3) is 5.69 Å². The molecule has 0 aromatic heterocycles. The number of carbonyl (C=O) groups is 1. The number of allylic oxidation sites excluding steroid dienone is 1. The fourth-order valence-electron chi connectivity index (χ4n) is 2.96. The molecule has 4 rings (SSSR count). The van der Waals surface area contributed by atoms with Gasteiger partial charge in [0.2, 0.25) is 5.78 Å². The third-order valence-corrected chi connectivity index (χ3v) is 5.17. The van der Waals surface area contributed by atoms with Crippen molar-refractivity contribution in [3.63, 3.8) is 0 Å². The van der Waals surface area contributed by atoms with Crippen LogP contribution in [0, 0.1) is 10.1 Å². The molecule has 1 aliphatic rings. The molecule has 0 saturated carbocycles. The smallest absolute Gasteiger partial charge is 0.270 e. The van der Waals surface area contributed by atoms with Crippen LogP contribution in [0.3, 0.4) is 0 Å². The summed E-state index contributed by atoms with van der Waals surface area (Å²) in [6.07, 6.45) is 1.47. The van der Waals surface area contributed by atoms with E-state index in [9.17, 15) is 14.9 Å². The molecule has 150 valence electrons. The van der Waals surface area contributed by atoms with Crippen LogP contribution in [0.5, 0.6) is 11.5 Å². The van der Waals surface area contributed by atoms with E-state index in [1.54, 1.807) is 48.5 Å². The summed E-state index contributed by atoms with van der Waals surface area (Å²) in [6.45, 7) is 0.154. The maximum atomic E-state index is 12.6. The molecule has 0 fully saturated rings. The highest BCUT2D eigenvalue weighted by molar-refractivity contribution is 6.35. The molecule has 0 atom stereocenters. The van der Waals surface area contributed by atoms with E-state index in [0.29, 0.717) is 38.2 Å². The molecule has 3 aromatic carbocycles. The second-order valence-corrected chi connectivity index (χ2v) is 7.25. The van der Waals surface area contributed by atoms with E-state index in [-0.39, 0.29) is 23.8 Å². The molecule has 0 radical (unpaired) electrons. The van der Waals surface area contributed by atoms with Crippen LogP contribution in [0.1, 0.15) is 21.5 Å². The molecule has 1 heterocycles. The Morgan fingerprint density at radius 2 is 1.77 bits per heavy atom. The Balaban J connectivity index is 1.54. The Morgan fingerprint density at radius 3 is 2.50 bits per heavy atom. The van der Waals surface area contributed by atoms with Gasteiger partial charge in [0.05, 0.1) is 10.5 Å². The molecule has 0 N–H and O–H groups in total. The van der Waals surface area contributed by atoms with Crippen LogP contribution in [0.15, 0.2) is 66.4 Å². The molecule has 3 aromatic rings. The zero-order chi connectivity index (χ0) is 21.3. The van der Waals surface area contributed by atoms with Gasteiger partial charge in [-0.3, -0.25) is 14.9 Å². The average Bonchev–Trinajstić information content (AvgIpc) is 3.02. The van der Waals surface area contributed by atoms with Gasteiger partial charge in [0, 0.05) is 33.8 Å². The Labute approximate surface area is 181 Å². The van der Waals surface area contributed by atoms with E-state index >= 15 is 0 Å². The molecule has 30 heavy (non-hydrogen) atoms. The van der Waals surface area contributed by atoms with Gasteiger partial charge in [0.15, 0.2) is 5.76 Å². The maximum Gasteiger partial charge on any atom is 0.270 e. The fraction of sp³-hybridized carbons (Fsp3) is 0.0455. The normalized spacial score (nSPS) is 13.8. The van der Waals surface area contributed by atoms with E-state index in [2.05, 4.69) is 0 Å². The zero-order valence-corrected chi connectivity index (χ0v) is 16.8. The van der Waals surface area contributed by atoms with Crippen molar-refractivity contribution >= 4 is 40.7 Å². The minimum atomic E-state index is -0.497. The number of ketones is 1. The molecule has 0 aliphatic carbocycles. The summed E-state index contributed by atoms with van der Waals surface area (Å²) >= 11 is 12.3. The summed E-state index contributed by atoms with van der Waals surface area (Å²) in [5.41, 5.74) is 1.46. The summed E-state index contributed by atoms with van der Waals surface area (Å²) in [6, 6.07) is 16.0. The van der Waals surface area contributed by atoms with Crippen LogP contribution in [0.4, 0.5) is 5.69 Å². The first-order valence-electron chi connectivity index (χ1n) is 8.81. The van der Waals surface area contributed by atoms with E-state index in [0.717, 1.165) is 0 Å². The van der Waals surface area contributed by atoms with E-state index < -0.39 is 4.92 Å². The van der Waals surface area contributed by atoms with Gasteiger partial charge in [0.1, 0.15) is 18.1 Å². The summed E-state index contributed by atoms with van der Waals surface area (Å²) in [5.74, 6) is 0.600. The molecular weight excluding hydrogens is 429 g/mol. The van der Waals surface area contributed by atoms with Gasteiger partial charge in [-0.1, -0.05) is 41.4 Å². The summed E-state index contributed by atoms with van der Waals surface area (Å²) in [4.78, 5) is 23.0. The third-order valence-electron chi connectivity index (χ3n) is 4.47. The van der Waals surface area contributed by atoms with Crippen molar-refractivity contribution < 1.29 is 19.2 Å². The number of non-ortho nitro benzene ring substituents is 1. The number of rotatable bonds is 5. The lowest BCUT2D eigenvalue weighted by Gasteiger charge is -2.10. The molecular formula is C22H13Cl2NO5. The molecule has 0 amide bonds. The number of nitro benzene ring substituents is 1. The first kappa shape index (κ1) is 19.9. The van der Waals surface area contributed by atoms with Gasteiger partial charge in [-0.05, 0) is 35.9 Å². The predicted octanol–water partition coefficient (Wildman–Crippen LogP) is 6.10. The Morgan fingerprint density at radius 1 is 1.03 bits per heavy atom. The van der Waals surface area contributed by atoms with E-state index in [4.69, 9.17) is 32.7 Å². The first-order valence-corrected chi connectivity index (χ1v) is 9.56. The standard InChI is InChI=1S/C22H13Cl2NO5/c23-18-5-2-6-19(24)17(18)12-29-15-7-8-16-20(11-15)30-21(22(16)26)10-13-3-1-4-14(9-13)25(27)28/h1-11H,12H2/b21-10-. The van der Waals surface area contributed by atoms with Crippen molar-refractivity contribution in [2.75, 3.05) is 0 Å². The van der Waals surface area contributed by atoms with Crippen LogP contribution in [-0.2, 0) is 6.61 Å². The minimum Gasteiger partial charge on any atom is -0.489 e. The predicted molar refractivity (Wildman–Crippen MR) is 113 cm³/mol. The van der Waals surface area contributed by atoms with Crippen molar-refractivity contribution in [1.29, 1.82) is 0 Å². The van der Waals surface area contributed by atoms with Gasteiger partial charge < -0.3 is 9.47 Å². The maximum absolute atomic E-state index is 12.6. The number of nitrogens with zero attached hydrogens (tertiary/aromatic N) is 1. The minimum absolute atomic E-state index is 0.0683. The van der Waals surface area contributed by atoms with Crippen molar-refractivity contribution in [2.45, 2.75) is 6.61 Å². The number of ether oxygens (including phenoxy) is 2. The monoisotopic (exact) mass is 441 g/mol. The highest BCUT2D eigenvalue weighted by Gasteiger charge is 2.28. The Bertz CT molecular complexity index is 1190. The van der Waals surface area contributed by atoms with E-state index in [1.807, 2.05) is 0 Å². The lowest BCUT2D eigenvalue weighted by Crippen LogP contribution is -1.98. The van der Waals surface area contributed by atoms with Gasteiger partial charge in [-0.25, -0.2) is 0 Å². The summed E-state index contributed by atoms with van der Waals surface area (Å²) in [7, 11) is 0. The van der Waals surface area contributed by atoms with Crippen molar-refractivity contribution in [3.8, 4) is 11.5 Å². The molecule has 0 bridgehead atoms. The fourth-order valence-corrected chi connectivity index (χ4v) is 3.47. The highest BCUT2D eigenvalue weighted by Crippen LogP contribution is 2.36. The van der Waals surface area contributed by atoms with Gasteiger partial charge in [-0.2, -0.15) is 0 Å². The number of hydrogen-bond donors (Lipinski definition) is 0. The first-order chi connectivity index (χ1) is 14.4. The van der Waals surface area contributed by atoms with E-state index in [1.165, 1.54) is 18.2 Å². The van der Waals surface area contributed by atoms with Crippen LogP contribution in [0.2, 0.25) is 10.0 Å². The van der Waals surface area contributed by atoms with Crippen LogP contribution in [0.25, 0.3) is 6.08 Å². The van der Waals surface area contributed by atoms with Crippen molar-refractivity contribution in [1.82, 2.24) is 0 Å². The van der Waals surface area contributed by atoms with Crippen LogP contribution >= 0.6 is 23.2 Å². The zero-order valence-electron chi connectivity index (χ0n) is 15.3. The van der Waals surface area contributed by atoms with Crippen LogP contribution in [-0.4, -0.2) is 10.7 Å². The molecule has 1 aliphatic heterocycles. The van der Waals surface area contributed by atoms with Gasteiger partial charge in [-0.15, -0.1) is 0 Å². The van der Waals surface area contributed by atoms with Crippen LogP contribution < -0.4 is 9.47 Å². The van der Waals surface area contributed by atoms with Gasteiger partial charge >= 0.3 is 0 Å². The molecule has 0 spiro atoms. The summed E-state index contributed by atoms with van der Waals surface area (Å²) < 4.78 is 11.4. The number of nitro groups is 1. The third kappa shape index (κ3) is 4.01. The Hall–Kier alpha value is -3.35. The number of Topliss-reactive ketones (excluding diaryl/α,β-unsaturated/α-hetero) is 1. The lowest BCUT2D eigenvalue weighted by molar-refractivity contribution is -0.384. The highest BCUT2D eigenvalue weighted by atomic mass is 35.5. The topological polar surface area (TPSA) is 78.7 Å². The number of fused-ring (bicyclic) bond motifs is 1. The number of benzene rings is 3. The molecule has 0 unspecified atom stereocenters. The van der Waals surface area contributed by atoms with Crippen molar-refractivity contribution in [3.05, 3.63) is 103 Å². The SMILES string of the molecule is O=C1/C(=C/c2cccc([N+](=O)[O-])c2)Oc2cc(OCc3c(Cl)cccc3Cl)ccc21. The number of hydrogen-bond acceptors (Lipinski definition) is 5. The second-order valence-electron chi connectivity index (χ2n) is 6.44. The molecule has 8 heteroatoms. The molecule has 6 nitrogen and oxygen atoms in total. The average molecular weight is 442 g/mol. The second kappa shape index (κ2) is 8.18.